The number of hydrogen-bond acceptors (Lipinski definition) is 2. The molecule has 0 aliphatic rings. The van der Waals surface area contributed by atoms with Gasteiger partial charge < -0.3 is 0 Å². The van der Waals surface area contributed by atoms with Crippen molar-refractivity contribution in [1.29, 1.82) is 0 Å². The van der Waals surface area contributed by atoms with E-state index in [0.717, 1.165) is 38.1 Å². The van der Waals surface area contributed by atoms with Gasteiger partial charge in [0.1, 0.15) is 11.0 Å². The molecule has 0 spiro atoms. The zero-order valence-electron chi connectivity index (χ0n) is 9.29. The van der Waals surface area contributed by atoms with Gasteiger partial charge in [-0.25, -0.2) is 4.98 Å². The van der Waals surface area contributed by atoms with E-state index in [1.165, 1.54) is 6.07 Å². The molecule has 1 rings (SSSR count). The fraction of sp³-hybridized carbons (Fsp3) is 0.636. The van der Waals surface area contributed by atoms with E-state index in [2.05, 4.69) is 11.9 Å². The predicted molar refractivity (Wildman–Crippen MR) is 62.4 cm³/mol. The Hall–Kier alpha value is -0.830. The van der Waals surface area contributed by atoms with E-state index in [1.807, 2.05) is 6.92 Å². The highest BCUT2D eigenvalue weighted by Crippen LogP contribution is 2.05. The standard InChI is InChI=1S/C11H17ClN2O/c1-3-5-6-7-14-10(4-2)13-9(12)8-11(14)15/h8H,3-7H2,1-2H3. The molecule has 0 unspecified atom stereocenters. The number of unbranched alkanes of at least 4 members (excludes halogenated alkanes) is 2. The molecule has 1 heterocycles. The van der Waals surface area contributed by atoms with Crippen molar-refractivity contribution in [3.8, 4) is 0 Å². The summed E-state index contributed by atoms with van der Waals surface area (Å²) in [5.74, 6) is 0.781. The van der Waals surface area contributed by atoms with Crippen LogP contribution in [-0.4, -0.2) is 9.55 Å². The van der Waals surface area contributed by atoms with Gasteiger partial charge in [-0.05, 0) is 6.42 Å². The SMILES string of the molecule is CCCCCn1c(CC)nc(Cl)cc1=O. The molecule has 0 fully saturated rings. The quantitative estimate of drug-likeness (QED) is 0.574. The van der Waals surface area contributed by atoms with Crippen molar-refractivity contribution in [3.63, 3.8) is 0 Å². The van der Waals surface area contributed by atoms with E-state index in [4.69, 9.17) is 11.6 Å². The van der Waals surface area contributed by atoms with Crippen LogP contribution in [0.15, 0.2) is 10.9 Å². The van der Waals surface area contributed by atoms with E-state index < -0.39 is 0 Å². The molecule has 0 atom stereocenters. The van der Waals surface area contributed by atoms with E-state index >= 15 is 0 Å². The van der Waals surface area contributed by atoms with Crippen LogP contribution in [0.5, 0.6) is 0 Å². The average molecular weight is 229 g/mol. The van der Waals surface area contributed by atoms with Gasteiger partial charge in [0.15, 0.2) is 0 Å². The molecule has 0 amide bonds. The number of nitrogens with zero attached hydrogens (tertiary/aromatic N) is 2. The van der Waals surface area contributed by atoms with Gasteiger partial charge in [0.25, 0.3) is 5.56 Å². The minimum atomic E-state index is -0.0389. The minimum absolute atomic E-state index is 0.0389. The van der Waals surface area contributed by atoms with Crippen molar-refractivity contribution in [2.45, 2.75) is 46.1 Å². The Morgan fingerprint density at radius 1 is 1.40 bits per heavy atom. The molecule has 0 radical (unpaired) electrons. The van der Waals surface area contributed by atoms with Crippen LogP contribution >= 0.6 is 11.6 Å². The van der Waals surface area contributed by atoms with E-state index in [9.17, 15) is 4.79 Å². The third-order valence-electron chi connectivity index (χ3n) is 2.36. The zero-order valence-corrected chi connectivity index (χ0v) is 10.0. The molecule has 4 heteroatoms. The molecule has 3 nitrogen and oxygen atoms in total. The van der Waals surface area contributed by atoms with Gasteiger partial charge in [0.2, 0.25) is 0 Å². The van der Waals surface area contributed by atoms with Gasteiger partial charge >= 0.3 is 0 Å². The van der Waals surface area contributed by atoms with Crippen LogP contribution in [-0.2, 0) is 13.0 Å². The Labute approximate surface area is 95.1 Å². The monoisotopic (exact) mass is 228 g/mol. The first kappa shape index (κ1) is 12.2. The van der Waals surface area contributed by atoms with Crippen LogP contribution in [0.25, 0.3) is 0 Å². The fourth-order valence-corrected chi connectivity index (χ4v) is 1.74. The molecule has 0 N–H and O–H groups in total. The van der Waals surface area contributed by atoms with Gasteiger partial charge in [-0.3, -0.25) is 9.36 Å². The third-order valence-corrected chi connectivity index (χ3v) is 2.55. The lowest BCUT2D eigenvalue weighted by molar-refractivity contribution is 0.556. The van der Waals surface area contributed by atoms with Gasteiger partial charge in [0.05, 0.1) is 0 Å². The van der Waals surface area contributed by atoms with Crippen LogP contribution in [0.4, 0.5) is 0 Å². The van der Waals surface area contributed by atoms with Crippen LogP contribution in [0, 0.1) is 0 Å². The summed E-state index contributed by atoms with van der Waals surface area (Å²) in [6.45, 7) is 4.87. The minimum Gasteiger partial charge on any atom is -0.297 e. The van der Waals surface area contributed by atoms with Gasteiger partial charge in [-0.1, -0.05) is 38.3 Å². The Morgan fingerprint density at radius 3 is 2.73 bits per heavy atom. The summed E-state index contributed by atoms with van der Waals surface area (Å²) in [5.41, 5.74) is -0.0389. The lowest BCUT2D eigenvalue weighted by Crippen LogP contribution is -2.24. The molecule has 84 valence electrons. The van der Waals surface area contributed by atoms with Gasteiger partial charge in [0, 0.05) is 19.0 Å². The topological polar surface area (TPSA) is 34.9 Å². The maximum atomic E-state index is 11.7. The smallest absolute Gasteiger partial charge is 0.254 e. The van der Waals surface area contributed by atoms with Crippen molar-refractivity contribution < 1.29 is 0 Å². The first-order valence-corrected chi connectivity index (χ1v) is 5.83. The van der Waals surface area contributed by atoms with Crippen LogP contribution < -0.4 is 5.56 Å². The summed E-state index contributed by atoms with van der Waals surface area (Å²) in [5, 5.41) is 0.295. The lowest BCUT2D eigenvalue weighted by atomic mass is 10.2. The molecule has 0 aromatic carbocycles. The van der Waals surface area contributed by atoms with Crippen molar-refractivity contribution in [2.75, 3.05) is 0 Å². The van der Waals surface area contributed by atoms with Gasteiger partial charge in [-0.2, -0.15) is 0 Å². The molecule has 15 heavy (non-hydrogen) atoms. The zero-order chi connectivity index (χ0) is 11.3. The second-order valence-electron chi connectivity index (χ2n) is 3.55. The van der Waals surface area contributed by atoms with Crippen molar-refractivity contribution in [3.05, 3.63) is 27.4 Å². The second-order valence-corrected chi connectivity index (χ2v) is 3.93. The number of hydrogen-bond donors (Lipinski definition) is 0. The summed E-state index contributed by atoms with van der Waals surface area (Å²) in [7, 11) is 0. The predicted octanol–water partition coefficient (Wildman–Crippen LogP) is 2.65. The number of rotatable bonds is 5. The first-order valence-electron chi connectivity index (χ1n) is 5.45. The highest BCUT2D eigenvalue weighted by molar-refractivity contribution is 6.29. The lowest BCUT2D eigenvalue weighted by Gasteiger charge is -2.10. The molecule has 1 aromatic heterocycles. The number of halogens is 1. The second kappa shape index (κ2) is 5.91. The Balaban J connectivity index is 2.89. The molecular formula is C11H17ClN2O. The van der Waals surface area contributed by atoms with Crippen LogP contribution in [0.2, 0.25) is 5.15 Å². The van der Waals surface area contributed by atoms with Crippen molar-refractivity contribution >= 4 is 11.6 Å². The Morgan fingerprint density at radius 2 is 2.13 bits per heavy atom. The van der Waals surface area contributed by atoms with Crippen LogP contribution in [0.1, 0.15) is 38.9 Å². The summed E-state index contributed by atoms with van der Waals surface area (Å²) in [4.78, 5) is 15.8. The van der Waals surface area contributed by atoms with Crippen molar-refractivity contribution in [2.24, 2.45) is 0 Å². The summed E-state index contributed by atoms with van der Waals surface area (Å²) >= 11 is 5.74. The normalized spacial score (nSPS) is 10.6. The molecule has 0 saturated carbocycles. The molecule has 1 aromatic rings. The molecule has 0 aliphatic carbocycles. The van der Waals surface area contributed by atoms with E-state index in [0.29, 0.717) is 5.15 Å². The van der Waals surface area contributed by atoms with E-state index in [-0.39, 0.29) is 5.56 Å². The summed E-state index contributed by atoms with van der Waals surface area (Å²) in [6, 6.07) is 1.38. The van der Waals surface area contributed by atoms with E-state index in [1.54, 1.807) is 4.57 Å². The Kier molecular flexibility index (Phi) is 4.82. The largest absolute Gasteiger partial charge is 0.297 e. The first-order chi connectivity index (χ1) is 7.19. The third kappa shape index (κ3) is 3.34. The average Bonchev–Trinajstić information content (AvgIpc) is 2.20. The molecule has 0 bridgehead atoms. The Bertz CT molecular complexity index is 373. The number of aromatic nitrogens is 2. The highest BCUT2D eigenvalue weighted by atomic mass is 35.5. The fourth-order valence-electron chi connectivity index (χ4n) is 1.55. The van der Waals surface area contributed by atoms with Crippen molar-refractivity contribution in [1.82, 2.24) is 9.55 Å². The molecule has 0 aliphatic heterocycles. The molecular weight excluding hydrogens is 212 g/mol. The summed E-state index contributed by atoms with van der Waals surface area (Å²) in [6.07, 6.45) is 4.05. The highest BCUT2D eigenvalue weighted by Gasteiger charge is 2.05. The van der Waals surface area contributed by atoms with Crippen LogP contribution in [0.3, 0.4) is 0 Å². The summed E-state index contributed by atoms with van der Waals surface area (Å²) < 4.78 is 1.72. The maximum absolute atomic E-state index is 11.7. The maximum Gasteiger partial charge on any atom is 0.254 e. The van der Waals surface area contributed by atoms with Gasteiger partial charge in [-0.15, -0.1) is 0 Å². The number of aryl methyl sites for hydroxylation is 1. The molecule has 0 saturated heterocycles.